The van der Waals surface area contributed by atoms with Crippen LogP contribution in [0.3, 0.4) is 0 Å². The average Bonchev–Trinajstić information content (AvgIpc) is 2.67. The van der Waals surface area contributed by atoms with Crippen LogP contribution < -0.4 is 14.2 Å². The van der Waals surface area contributed by atoms with E-state index in [4.69, 9.17) is 9.47 Å². The van der Waals surface area contributed by atoms with Crippen molar-refractivity contribution in [1.29, 1.82) is 0 Å². The predicted molar refractivity (Wildman–Crippen MR) is 101 cm³/mol. The molecular formula is C17H21N3O5S2. The van der Waals surface area contributed by atoms with Crippen molar-refractivity contribution in [2.45, 2.75) is 35.1 Å². The topological polar surface area (TPSA) is 107 Å². The number of aromatic nitrogens is 2. The van der Waals surface area contributed by atoms with Crippen LogP contribution in [-0.4, -0.2) is 43.8 Å². The molecule has 8 nitrogen and oxygen atoms in total. The molecule has 2 rings (SSSR count). The lowest BCUT2D eigenvalue weighted by atomic mass is 10.2. The van der Waals surface area contributed by atoms with E-state index < -0.39 is 21.2 Å². The number of carbonyl (C=O) groups is 1. The third kappa shape index (κ3) is 5.83. The maximum absolute atomic E-state index is 12.6. The molecule has 0 radical (unpaired) electrons. The number of carbonyl (C=O) groups excluding carboxylic acids is 1. The van der Waals surface area contributed by atoms with E-state index in [9.17, 15) is 13.2 Å². The lowest BCUT2D eigenvalue weighted by molar-refractivity contribution is -0.118. The quantitative estimate of drug-likeness (QED) is 0.495. The summed E-state index contributed by atoms with van der Waals surface area (Å²) >= 11 is 1.06. The molecule has 0 aliphatic rings. The first-order valence-corrected chi connectivity index (χ1v) is 10.5. The Hall–Kier alpha value is -2.33. The van der Waals surface area contributed by atoms with Gasteiger partial charge in [-0.25, -0.2) is 13.1 Å². The van der Waals surface area contributed by atoms with Crippen LogP contribution >= 0.6 is 11.8 Å². The number of amides is 1. The molecule has 0 saturated heterocycles. The Morgan fingerprint density at radius 3 is 2.26 bits per heavy atom. The molecule has 0 spiro atoms. The monoisotopic (exact) mass is 411 g/mol. The minimum atomic E-state index is -3.94. The third-order valence-electron chi connectivity index (χ3n) is 3.46. The largest absolute Gasteiger partial charge is 0.481 e. The molecule has 1 heterocycles. The van der Waals surface area contributed by atoms with Gasteiger partial charge in [0.15, 0.2) is 5.16 Å². The van der Waals surface area contributed by atoms with E-state index in [1.54, 1.807) is 18.2 Å². The van der Waals surface area contributed by atoms with Crippen molar-refractivity contribution in [3.05, 3.63) is 36.4 Å². The summed E-state index contributed by atoms with van der Waals surface area (Å²) in [4.78, 5) is 21.0. The van der Waals surface area contributed by atoms with Gasteiger partial charge in [-0.2, -0.15) is 9.97 Å². The molecular weight excluding hydrogens is 390 g/mol. The molecule has 0 bridgehead atoms. The summed E-state index contributed by atoms with van der Waals surface area (Å²) in [6, 6.07) is 9.24. The highest BCUT2D eigenvalue weighted by molar-refractivity contribution is 8.00. The molecule has 1 N–H and O–H groups in total. The van der Waals surface area contributed by atoms with Crippen LogP contribution in [0, 0.1) is 0 Å². The van der Waals surface area contributed by atoms with E-state index in [1.807, 2.05) is 6.92 Å². The van der Waals surface area contributed by atoms with Crippen LogP contribution in [0.2, 0.25) is 0 Å². The molecule has 0 aliphatic heterocycles. The van der Waals surface area contributed by atoms with E-state index in [0.717, 1.165) is 11.8 Å². The summed E-state index contributed by atoms with van der Waals surface area (Å²) in [6.45, 7) is 1.90. The number of hydrogen-bond donors (Lipinski definition) is 1. The van der Waals surface area contributed by atoms with Gasteiger partial charge in [-0.15, -0.1) is 0 Å². The summed E-state index contributed by atoms with van der Waals surface area (Å²) in [7, 11) is -1.03. The zero-order valence-electron chi connectivity index (χ0n) is 15.2. The van der Waals surface area contributed by atoms with Gasteiger partial charge in [0.05, 0.1) is 30.4 Å². The first-order chi connectivity index (χ1) is 12.9. The normalized spacial score (nSPS) is 12.3. The lowest BCUT2D eigenvalue weighted by Gasteiger charge is -2.15. The molecule has 27 heavy (non-hydrogen) atoms. The molecule has 1 aromatic heterocycles. The van der Waals surface area contributed by atoms with Crippen LogP contribution in [0.1, 0.15) is 19.8 Å². The minimum Gasteiger partial charge on any atom is -0.481 e. The van der Waals surface area contributed by atoms with Crippen molar-refractivity contribution in [2.24, 2.45) is 0 Å². The fourth-order valence-electron chi connectivity index (χ4n) is 2.14. The minimum absolute atomic E-state index is 0.0258. The van der Waals surface area contributed by atoms with Gasteiger partial charge >= 0.3 is 0 Å². The molecule has 0 fully saturated rings. The smallest absolute Gasteiger partial charge is 0.264 e. The summed E-state index contributed by atoms with van der Waals surface area (Å²) < 4.78 is 37.1. The summed E-state index contributed by atoms with van der Waals surface area (Å²) in [5.74, 6) is -0.0510. The van der Waals surface area contributed by atoms with Crippen LogP contribution in [0.25, 0.3) is 0 Å². The van der Waals surface area contributed by atoms with Crippen LogP contribution in [-0.2, 0) is 14.8 Å². The van der Waals surface area contributed by atoms with E-state index in [1.165, 1.54) is 32.4 Å². The predicted octanol–water partition coefficient (Wildman–Crippen LogP) is 2.26. The average molecular weight is 412 g/mol. The maximum atomic E-state index is 12.6. The first-order valence-electron chi connectivity index (χ1n) is 8.15. The molecule has 1 atom stereocenters. The number of methoxy groups -OCH3 is 2. The van der Waals surface area contributed by atoms with Gasteiger partial charge in [0.25, 0.3) is 10.0 Å². The van der Waals surface area contributed by atoms with E-state index in [-0.39, 0.29) is 21.8 Å². The summed E-state index contributed by atoms with van der Waals surface area (Å²) in [5, 5.41) is -0.429. The maximum Gasteiger partial charge on any atom is 0.264 e. The van der Waals surface area contributed by atoms with Gasteiger partial charge in [-0.1, -0.05) is 43.3 Å². The van der Waals surface area contributed by atoms with Gasteiger partial charge in [0, 0.05) is 0 Å². The highest BCUT2D eigenvalue weighted by Gasteiger charge is 2.26. The molecule has 1 amide bonds. The summed E-state index contributed by atoms with van der Waals surface area (Å²) in [5.41, 5.74) is 0. The standard InChI is InChI=1S/C17H21N3O5S2/c1-4-8-13(26-17-18-14(24-2)11-15(19-17)25-3)16(21)20-27(22,23)12-9-6-5-7-10-12/h5-7,9-11,13H,4,8H2,1-3H3,(H,20,21). The molecule has 146 valence electrons. The van der Waals surface area contributed by atoms with Crippen molar-refractivity contribution in [1.82, 2.24) is 14.7 Å². The van der Waals surface area contributed by atoms with Crippen molar-refractivity contribution in [3.8, 4) is 11.8 Å². The van der Waals surface area contributed by atoms with Crippen molar-refractivity contribution < 1.29 is 22.7 Å². The second kappa shape index (κ2) is 9.56. The zero-order chi connectivity index (χ0) is 19.9. The Kier molecular flexibility index (Phi) is 7.43. The molecule has 1 aromatic carbocycles. The number of nitrogens with zero attached hydrogens (tertiary/aromatic N) is 2. The second-order valence-electron chi connectivity index (χ2n) is 5.41. The molecule has 0 aliphatic carbocycles. The second-order valence-corrected chi connectivity index (χ2v) is 8.27. The zero-order valence-corrected chi connectivity index (χ0v) is 16.8. The number of hydrogen-bond acceptors (Lipinski definition) is 8. The van der Waals surface area contributed by atoms with E-state index >= 15 is 0 Å². The van der Waals surface area contributed by atoms with Gasteiger partial charge in [-0.05, 0) is 18.6 Å². The van der Waals surface area contributed by atoms with Gasteiger partial charge < -0.3 is 9.47 Å². The highest BCUT2D eigenvalue weighted by atomic mass is 32.2. The number of rotatable bonds is 9. The molecule has 10 heteroatoms. The Morgan fingerprint density at radius 2 is 1.74 bits per heavy atom. The molecule has 0 saturated carbocycles. The van der Waals surface area contributed by atoms with E-state index in [0.29, 0.717) is 12.8 Å². The van der Waals surface area contributed by atoms with Crippen molar-refractivity contribution >= 4 is 27.7 Å². The fourth-order valence-corrected chi connectivity index (χ4v) is 4.31. The van der Waals surface area contributed by atoms with Crippen molar-refractivity contribution in [2.75, 3.05) is 14.2 Å². The SMILES string of the molecule is CCCC(Sc1nc(OC)cc(OC)n1)C(=O)NS(=O)(=O)c1ccccc1. The number of ether oxygens (including phenoxy) is 2. The Bertz CT molecular complexity index is 853. The van der Waals surface area contributed by atoms with Crippen molar-refractivity contribution in [3.63, 3.8) is 0 Å². The molecule has 1 unspecified atom stereocenters. The third-order valence-corrected chi connectivity index (χ3v) is 5.95. The number of benzene rings is 1. The Balaban J connectivity index is 2.20. The van der Waals surface area contributed by atoms with Gasteiger partial charge in [0.1, 0.15) is 0 Å². The summed E-state index contributed by atoms with van der Waals surface area (Å²) in [6.07, 6.45) is 1.13. The highest BCUT2D eigenvalue weighted by Crippen LogP contribution is 2.27. The molecule has 2 aromatic rings. The van der Waals surface area contributed by atoms with Gasteiger partial charge in [-0.3, -0.25) is 4.79 Å². The van der Waals surface area contributed by atoms with Crippen LogP contribution in [0.4, 0.5) is 0 Å². The lowest BCUT2D eigenvalue weighted by Crippen LogP contribution is -2.37. The van der Waals surface area contributed by atoms with Gasteiger partial charge in [0.2, 0.25) is 17.7 Å². The Morgan fingerprint density at radius 1 is 1.15 bits per heavy atom. The van der Waals surface area contributed by atoms with Crippen LogP contribution in [0.15, 0.2) is 46.5 Å². The van der Waals surface area contributed by atoms with E-state index in [2.05, 4.69) is 14.7 Å². The first kappa shape index (κ1) is 21.0. The van der Waals surface area contributed by atoms with Crippen LogP contribution in [0.5, 0.6) is 11.8 Å². The number of thioether (sulfide) groups is 1. The Labute approximate surface area is 162 Å². The number of sulfonamides is 1. The fraction of sp³-hybridized carbons (Fsp3) is 0.353. The number of nitrogens with one attached hydrogen (secondary N) is 1.